The van der Waals surface area contributed by atoms with E-state index in [0.717, 1.165) is 11.1 Å². The van der Waals surface area contributed by atoms with Crippen molar-refractivity contribution < 1.29 is 14.2 Å². The van der Waals surface area contributed by atoms with Gasteiger partial charge in [-0.2, -0.15) is 0 Å². The van der Waals surface area contributed by atoms with Crippen LogP contribution < -0.4 is 4.74 Å². The second kappa shape index (κ2) is 6.53. The van der Waals surface area contributed by atoms with Gasteiger partial charge in [0.2, 0.25) is 0 Å². The Morgan fingerprint density at radius 1 is 1.15 bits per heavy atom. The monoisotopic (exact) mass is 274 g/mol. The molecule has 1 N–H and O–H groups in total. The average Bonchev–Trinajstić information content (AvgIpc) is 2.47. The van der Waals surface area contributed by atoms with Crippen molar-refractivity contribution in [3.05, 3.63) is 65.5 Å². The van der Waals surface area contributed by atoms with Gasteiger partial charge < -0.3 is 9.84 Å². The Balaban J connectivity index is 2.08. The fourth-order valence-corrected chi connectivity index (χ4v) is 2.30. The molecule has 2 aromatic carbocycles. The van der Waals surface area contributed by atoms with Crippen molar-refractivity contribution in [2.45, 2.75) is 19.4 Å². The minimum atomic E-state index is -0.554. The highest BCUT2D eigenvalue weighted by atomic mass is 19.1. The molecule has 0 heterocycles. The number of methoxy groups -OCH3 is 1. The molecule has 0 bridgehead atoms. The van der Waals surface area contributed by atoms with Crippen LogP contribution in [0.3, 0.4) is 0 Å². The smallest absolute Gasteiger partial charge is 0.165 e. The van der Waals surface area contributed by atoms with Crippen LogP contribution >= 0.6 is 0 Å². The second-order valence-corrected chi connectivity index (χ2v) is 5.01. The van der Waals surface area contributed by atoms with Crippen LogP contribution in [0.4, 0.5) is 4.39 Å². The van der Waals surface area contributed by atoms with E-state index < -0.39 is 6.10 Å². The summed E-state index contributed by atoms with van der Waals surface area (Å²) < 4.78 is 18.5. The van der Waals surface area contributed by atoms with E-state index >= 15 is 0 Å². The highest BCUT2D eigenvalue weighted by Gasteiger charge is 2.17. The highest BCUT2D eigenvalue weighted by Crippen LogP contribution is 2.26. The lowest BCUT2D eigenvalue weighted by Crippen LogP contribution is -2.12. The van der Waals surface area contributed by atoms with Crippen LogP contribution in [0.25, 0.3) is 0 Å². The van der Waals surface area contributed by atoms with Crippen molar-refractivity contribution in [2.75, 3.05) is 7.11 Å². The Morgan fingerprint density at radius 3 is 2.45 bits per heavy atom. The summed E-state index contributed by atoms with van der Waals surface area (Å²) in [6.07, 6.45) is 0.0538. The predicted molar refractivity (Wildman–Crippen MR) is 77.2 cm³/mol. The Hall–Kier alpha value is -1.87. The van der Waals surface area contributed by atoms with Crippen LogP contribution in [0.1, 0.15) is 24.2 Å². The van der Waals surface area contributed by atoms with Crippen molar-refractivity contribution in [1.82, 2.24) is 0 Å². The highest BCUT2D eigenvalue weighted by molar-refractivity contribution is 5.30. The van der Waals surface area contributed by atoms with E-state index in [0.29, 0.717) is 6.42 Å². The molecular weight excluding hydrogens is 255 g/mol. The quantitative estimate of drug-likeness (QED) is 0.900. The molecule has 0 aliphatic carbocycles. The van der Waals surface area contributed by atoms with Crippen molar-refractivity contribution in [2.24, 2.45) is 5.92 Å². The minimum absolute atomic E-state index is 0.00481. The predicted octanol–water partition coefficient (Wildman–Crippen LogP) is 3.75. The molecule has 0 spiro atoms. The summed E-state index contributed by atoms with van der Waals surface area (Å²) in [4.78, 5) is 0. The summed E-state index contributed by atoms with van der Waals surface area (Å²) in [7, 11) is 1.44. The van der Waals surface area contributed by atoms with E-state index in [1.165, 1.54) is 13.2 Å². The van der Waals surface area contributed by atoms with Crippen molar-refractivity contribution >= 4 is 0 Å². The molecule has 0 saturated carbocycles. The standard InChI is InChI=1S/C17H19FO2/c1-12(17(19)14-6-4-3-5-7-14)10-13-8-9-16(20-2)15(18)11-13/h3-9,11-12,17,19H,10H2,1-2H3. The zero-order valence-corrected chi connectivity index (χ0v) is 11.7. The van der Waals surface area contributed by atoms with Crippen LogP contribution in [0.2, 0.25) is 0 Å². The molecule has 2 nitrogen and oxygen atoms in total. The number of aliphatic hydroxyl groups excluding tert-OH is 1. The van der Waals surface area contributed by atoms with Gasteiger partial charge >= 0.3 is 0 Å². The summed E-state index contributed by atoms with van der Waals surface area (Å²) in [6, 6.07) is 14.4. The number of benzene rings is 2. The summed E-state index contributed by atoms with van der Waals surface area (Å²) in [6.45, 7) is 1.96. The van der Waals surface area contributed by atoms with Gasteiger partial charge in [0, 0.05) is 0 Å². The van der Waals surface area contributed by atoms with Gasteiger partial charge in [-0.25, -0.2) is 4.39 Å². The zero-order chi connectivity index (χ0) is 14.5. The summed E-state index contributed by atoms with van der Waals surface area (Å²) >= 11 is 0. The number of rotatable bonds is 5. The molecule has 2 unspecified atom stereocenters. The van der Waals surface area contributed by atoms with E-state index in [1.54, 1.807) is 6.07 Å². The van der Waals surface area contributed by atoms with Gasteiger partial charge in [-0.1, -0.05) is 43.3 Å². The fourth-order valence-electron chi connectivity index (χ4n) is 2.30. The second-order valence-electron chi connectivity index (χ2n) is 5.01. The Morgan fingerprint density at radius 2 is 1.85 bits per heavy atom. The lowest BCUT2D eigenvalue weighted by atomic mass is 9.91. The molecule has 0 radical (unpaired) electrons. The SMILES string of the molecule is COc1ccc(CC(C)C(O)c2ccccc2)cc1F. The van der Waals surface area contributed by atoms with Crippen LogP contribution in [0.15, 0.2) is 48.5 Å². The lowest BCUT2D eigenvalue weighted by molar-refractivity contribution is 0.117. The first kappa shape index (κ1) is 14.5. The van der Waals surface area contributed by atoms with E-state index in [9.17, 15) is 9.50 Å². The molecule has 2 aromatic rings. The molecule has 20 heavy (non-hydrogen) atoms. The van der Waals surface area contributed by atoms with Gasteiger partial charge in [0.05, 0.1) is 13.2 Å². The Bertz CT molecular complexity index is 554. The third-order valence-corrected chi connectivity index (χ3v) is 3.45. The number of halogens is 1. The first-order valence-electron chi connectivity index (χ1n) is 6.67. The summed E-state index contributed by atoms with van der Waals surface area (Å²) in [5.74, 6) is -0.124. The molecular formula is C17H19FO2. The maximum atomic E-state index is 13.6. The van der Waals surface area contributed by atoms with Gasteiger partial charge in [-0.05, 0) is 35.6 Å². The average molecular weight is 274 g/mol. The van der Waals surface area contributed by atoms with Crippen molar-refractivity contribution in [3.8, 4) is 5.75 Å². The fraction of sp³-hybridized carbons (Fsp3) is 0.294. The summed E-state index contributed by atoms with van der Waals surface area (Å²) in [5.41, 5.74) is 1.74. The normalized spacial score (nSPS) is 13.8. The summed E-state index contributed by atoms with van der Waals surface area (Å²) in [5, 5.41) is 10.3. The maximum absolute atomic E-state index is 13.6. The van der Waals surface area contributed by atoms with Gasteiger partial charge in [-0.3, -0.25) is 0 Å². The van der Waals surface area contributed by atoms with Gasteiger partial charge in [0.15, 0.2) is 11.6 Å². The van der Waals surface area contributed by atoms with Crippen molar-refractivity contribution in [1.29, 1.82) is 0 Å². The zero-order valence-electron chi connectivity index (χ0n) is 11.7. The van der Waals surface area contributed by atoms with E-state index in [4.69, 9.17) is 4.74 Å². The van der Waals surface area contributed by atoms with E-state index in [-0.39, 0.29) is 17.5 Å². The van der Waals surface area contributed by atoms with Crippen LogP contribution in [-0.2, 0) is 6.42 Å². The number of hydrogen-bond donors (Lipinski definition) is 1. The maximum Gasteiger partial charge on any atom is 0.165 e. The molecule has 3 heteroatoms. The Labute approximate surface area is 118 Å². The molecule has 0 aromatic heterocycles. The van der Waals surface area contributed by atoms with Crippen LogP contribution in [0, 0.1) is 11.7 Å². The van der Waals surface area contributed by atoms with Gasteiger partial charge in [-0.15, -0.1) is 0 Å². The van der Waals surface area contributed by atoms with E-state index in [2.05, 4.69) is 0 Å². The first-order valence-corrected chi connectivity index (χ1v) is 6.67. The molecule has 0 amide bonds. The topological polar surface area (TPSA) is 29.5 Å². The Kier molecular flexibility index (Phi) is 4.74. The molecule has 0 aliphatic heterocycles. The van der Waals surface area contributed by atoms with Crippen molar-refractivity contribution in [3.63, 3.8) is 0 Å². The first-order chi connectivity index (χ1) is 9.61. The molecule has 2 atom stereocenters. The molecule has 0 fully saturated rings. The lowest BCUT2D eigenvalue weighted by Gasteiger charge is -2.19. The largest absolute Gasteiger partial charge is 0.494 e. The molecule has 0 saturated heterocycles. The molecule has 0 aliphatic rings. The number of hydrogen-bond acceptors (Lipinski definition) is 2. The van der Waals surface area contributed by atoms with Crippen LogP contribution in [0.5, 0.6) is 5.75 Å². The molecule has 106 valence electrons. The van der Waals surface area contributed by atoms with Gasteiger partial charge in [0.25, 0.3) is 0 Å². The minimum Gasteiger partial charge on any atom is -0.494 e. The van der Waals surface area contributed by atoms with Crippen LogP contribution in [-0.4, -0.2) is 12.2 Å². The van der Waals surface area contributed by atoms with Gasteiger partial charge in [0.1, 0.15) is 0 Å². The number of ether oxygens (including phenoxy) is 1. The molecule has 2 rings (SSSR count). The number of aliphatic hydroxyl groups is 1. The van der Waals surface area contributed by atoms with E-state index in [1.807, 2.05) is 43.3 Å². The third kappa shape index (κ3) is 3.36. The third-order valence-electron chi connectivity index (χ3n) is 3.45.